The fourth-order valence-electron chi connectivity index (χ4n) is 2.66. The molecule has 116 valence electrons. The van der Waals surface area contributed by atoms with E-state index in [2.05, 4.69) is 11.0 Å². The molecule has 0 radical (unpaired) electrons. The molecule has 1 saturated heterocycles. The minimum Gasteiger partial charge on any atom is -0.497 e. The predicted molar refractivity (Wildman–Crippen MR) is 84.7 cm³/mol. The molecule has 21 heavy (non-hydrogen) atoms. The standard InChI is InChI=1S/C16H25N3O2/c1-3-5-15(17)16(20)19-10-8-18(9-11-19)13-6-4-7-14(12-13)21-2/h4,6-7,12,15H,3,5,8-11,17H2,1-2H3/t15-/m1/s1. The highest BCUT2D eigenvalue weighted by atomic mass is 16.5. The summed E-state index contributed by atoms with van der Waals surface area (Å²) in [6.45, 7) is 5.17. The van der Waals surface area contributed by atoms with Crippen LogP contribution in [-0.4, -0.2) is 50.1 Å². The Hall–Kier alpha value is -1.75. The van der Waals surface area contributed by atoms with Gasteiger partial charge >= 0.3 is 0 Å². The van der Waals surface area contributed by atoms with Crippen LogP contribution in [-0.2, 0) is 4.79 Å². The SMILES string of the molecule is CCC[C@@H](N)C(=O)N1CCN(c2cccc(OC)c2)CC1. The van der Waals surface area contributed by atoms with Crippen LogP contribution in [0.15, 0.2) is 24.3 Å². The molecule has 1 aliphatic rings. The van der Waals surface area contributed by atoms with E-state index in [1.807, 2.05) is 30.0 Å². The van der Waals surface area contributed by atoms with Crippen molar-refractivity contribution in [3.8, 4) is 5.75 Å². The van der Waals surface area contributed by atoms with E-state index in [1.165, 1.54) is 0 Å². The summed E-state index contributed by atoms with van der Waals surface area (Å²) in [4.78, 5) is 16.4. The molecule has 2 rings (SSSR count). The lowest BCUT2D eigenvalue weighted by Gasteiger charge is -2.37. The third-order valence-corrected chi connectivity index (χ3v) is 3.93. The molecule has 1 fully saturated rings. The van der Waals surface area contributed by atoms with Gasteiger partial charge in [0, 0.05) is 37.9 Å². The van der Waals surface area contributed by atoms with E-state index < -0.39 is 0 Å². The second-order valence-electron chi connectivity index (χ2n) is 5.41. The summed E-state index contributed by atoms with van der Waals surface area (Å²) in [5.41, 5.74) is 7.06. The summed E-state index contributed by atoms with van der Waals surface area (Å²) in [5.74, 6) is 0.943. The molecular weight excluding hydrogens is 266 g/mol. The first kappa shape index (κ1) is 15.6. The zero-order chi connectivity index (χ0) is 15.2. The molecule has 1 amide bonds. The van der Waals surface area contributed by atoms with E-state index in [9.17, 15) is 4.79 Å². The minimum absolute atomic E-state index is 0.0853. The highest BCUT2D eigenvalue weighted by Gasteiger charge is 2.24. The Morgan fingerprint density at radius 1 is 1.33 bits per heavy atom. The van der Waals surface area contributed by atoms with Crippen LogP contribution >= 0.6 is 0 Å². The maximum atomic E-state index is 12.2. The van der Waals surface area contributed by atoms with Crippen molar-refractivity contribution >= 4 is 11.6 Å². The van der Waals surface area contributed by atoms with Crippen molar-refractivity contribution in [2.75, 3.05) is 38.2 Å². The molecule has 1 aromatic carbocycles. The third kappa shape index (κ3) is 3.88. The van der Waals surface area contributed by atoms with Gasteiger partial charge in [-0.3, -0.25) is 4.79 Å². The van der Waals surface area contributed by atoms with Crippen LogP contribution in [0.4, 0.5) is 5.69 Å². The summed E-state index contributed by atoms with van der Waals surface area (Å²) in [5, 5.41) is 0. The summed E-state index contributed by atoms with van der Waals surface area (Å²) < 4.78 is 5.26. The number of rotatable bonds is 5. The monoisotopic (exact) mass is 291 g/mol. The van der Waals surface area contributed by atoms with Gasteiger partial charge in [-0.25, -0.2) is 0 Å². The first-order valence-electron chi connectivity index (χ1n) is 7.59. The van der Waals surface area contributed by atoms with Crippen molar-refractivity contribution in [3.63, 3.8) is 0 Å². The first-order chi connectivity index (χ1) is 10.2. The second kappa shape index (κ2) is 7.31. The van der Waals surface area contributed by atoms with Crippen molar-refractivity contribution in [3.05, 3.63) is 24.3 Å². The maximum absolute atomic E-state index is 12.2. The Kier molecular flexibility index (Phi) is 5.44. The van der Waals surface area contributed by atoms with Gasteiger partial charge in [-0.15, -0.1) is 0 Å². The molecule has 2 N–H and O–H groups in total. The molecule has 0 bridgehead atoms. The van der Waals surface area contributed by atoms with E-state index in [0.717, 1.165) is 50.5 Å². The molecule has 1 aromatic rings. The topological polar surface area (TPSA) is 58.8 Å². The summed E-state index contributed by atoms with van der Waals surface area (Å²) >= 11 is 0. The maximum Gasteiger partial charge on any atom is 0.239 e. The van der Waals surface area contributed by atoms with Crippen LogP contribution in [0.25, 0.3) is 0 Å². The molecule has 0 unspecified atom stereocenters. The van der Waals surface area contributed by atoms with E-state index in [4.69, 9.17) is 10.5 Å². The van der Waals surface area contributed by atoms with Crippen molar-refractivity contribution in [2.24, 2.45) is 5.73 Å². The Labute approximate surface area is 126 Å². The van der Waals surface area contributed by atoms with Crippen LogP contribution in [0.1, 0.15) is 19.8 Å². The number of anilines is 1. The lowest BCUT2D eigenvalue weighted by Crippen LogP contribution is -2.53. The number of carbonyl (C=O) groups is 1. The Morgan fingerprint density at radius 3 is 2.67 bits per heavy atom. The summed E-state index contributed by atoms with van der Waals surface area (Å²) in [6.07, 6.45) is 1.70. The molecule has 5 nitrogen and oxygen atoms in total. The number of carbonyl (C=O) groups excluding carboxylic acids is 1. The molecule has 1 aliphatic heterocycles. The zero-order valence-corrected chi connectivity index (χ0v) is 12.9. The van der Waals surface area contributed by atoms with E-state index >= 15 is 0 Å². The van der Waals surface area contributed by atoms with Gasteiger partial charge in [0.15, 0.2) is 0 Å². The van der Waals surface area contributed by atoms with E-state index in [-0.39, 0.29) is 11.9 Å². The fraction of sp³-hybridized carbons (Fsp3) is 0.562. The lowest BCUT2D eigenvalue weighted by atomic mass is 10.1. The smallest absolute Gasteiger partial charge is 0.239 e. The molecular formula is C16H25N3O2. The van der Waals surface area contributed by atoms with Crippen LogP contribution in [0.5, 0.6) is 5.75 Å². The van der Waals surface area contributed by atoms with Crippen molar-refractivity contribution in [1.29, 1.82) is 0 Å². The van der Waals surface area contributed by atoms with E-state index in [1.54, 1.807) is 7.11 Å². The van der Waals surface area contributed by atoms with Gasteiger partial charge < -0.3 is 20.3 Å². The number of nitrogens with zero attached hydrogens (tertiary/aromatic N) is 2. The molecule has 0 spiro atoms. The number of ether oxygens (including phenoxy) is 1. The number of hydrogen-bond donors (Lipinski definition) is 1. The predicted octanol–water partition coefficient (Wildman–Crippen LogP) is 1.47. The molecule has 0 saturated carbocycles. The normalized spacial score (nSPS) is 16.7. The number of amides is 1. The van der Waals surface area contributed by atoms with Gasteiger partial charge in [-0.1, -0.05) is 19.4 Å². The number of nitrogens with two attached hydrogens (primary N) is 1. The average Bonchev–Trinajstić information content (AvgIpc) is 2.54. The van der Waals surface area contributed by atoms with Gasteiger partial charge in [0.25, 0.3) is 0 Å². The van der Waals surface area contributed by atoms with Crippen molar-refractivity contribution < 1.29 is 9.53 Å². The first-order valence-corrected chi connectivity index (χ1v) is 7.59. The van der Waals surface area contributed by atoms with Gasteiger partial charge in [0.2, 0.25) is 5.91 Å². The van der Waals surface area contributed by atoms with Gasteiger partial charge in [0.05, 0.1) is 13.2 Å². The largest absolute Gasteiger partial charge is 0.497 e. The highest BCUT2D eigenvalue weighted by Crippen LogP contribution is 2.22. The summed E-state index contributed by atoms with van der Waals surface area (Å²) in [7, 11) is 1.67. The van der Waals surface area contributed by atoms with Crippen LogP contribution in [0, 0.1) is 0 Å². The second-order valence-corrected chi connectivity index (χ2v) is 5.41. The number of benzene rings is 1. The molecule has 0 aromatic heterocycles. The van der Waals surface area contributed by atoms with Gasteiger partial charge in [0.1, 0.15) is 5.75 Å². The molecule has 5 heteroatoms. The Balaban J connectivity index is 1.92. The van der Waals surface area contributed by atoms with Gasteiger partial charge in [-0.05, 0) is 18.6 Å². The molecule has 0 aliphatic carbocycles. The Bertz CT molecular complexity index is 470. The quantitative estimate of drug-likeness (QED) is 0.892. The number of methoxy groups -OCH3 is 1. The summed E-state index contributed by atoms with van der Waals surface area (Å²) in [6, 6.07) is 7.68. The van der Waals surface area contributed by atoms with Crippen LogP contribution in [0.2, 0.25) is 0 Å². The van der Waals surface area contributed by atoms with Crippen molar-refractivity contribution in [2.45, 2.75) is 25.8 Å². The van der Waals surface area contributed by atoms with Gasteiger partial charge in [-0.2, -0.15) is 0 Å². The Morgan fingerprint density at radius 2 is 2.05 bits per heavy atom. The van der Waals surface area contributed by atoms with Crippen LogP contribution in [0.3, 0.4) is 0 Å². The molecule has 1 heterocycles. The highest BCUT2D eigenvalue weighted by molar-refractivity contribution is 5.81. The van der Waals surface area contributed by atoms with E-state index in [0.29, 0.717) is 0 Å². The number of hydrogen-bond acceptors (Lipinski definition) is 4. The average molecular weight is 291 g/mol. The van der Waals surface area contributed by atoms with Crippen molar-refractivity contribution in [1.82, 2.24) is 4.90 Å². The minimum atomic E-state index is -0.349. The third-order valence-electron chi connectivity index (χ3n) is 3.93. The zero-order valence-electron chi connectivity index (χ0n) is 12.9. The fourth-order valence-corrected chi connectivity index (χ4v) is 2.66. The van der Waals surface area contributed by atoms with Crippen LogP contribution < -0.4 is 15.4 Å². The molecule has 1 atom stereocenters. The lowest BCUT2D eigenvalue weighted by molar-refractivity contribution is -0.133. The number of piperazine rings is 1.